The summed E-state index contributed by atoms with van der Waals surface area (Å²) in [5.74, 6) is -4.39. The molecule has 2 aromatic heterocycles. The molecule has 7 N–H and O–H groups in total. The van der Waals surface area contributed by atoms with Crippen LogP contribution in [-0.4, -0.2) is 70.0 Å². The summed E-state index contributed by atoms with van der Waals surface area (Å²) < 4.78 is 62.3. The molecular weight excluding hydrogens is 635 g/mol. The molecule has 18 heteroatoms. The zero-order valence-electron chi connectivity index (χ0n) is 23.9. The molecule has 0 unspecified atom stereocenters. The number of fused-ring (bicyclic) bond motifs is 1. The third-order valence-electron chi connectivity index (χ3n) is 6.20. The van der Waals surface area contributed by atoms with Gasteiger partial charge in [0.25, 0.3) is 16.1 Å². The summed E-state index contributed by atoms with van der Waals surface area (Å²) in [6, 6.07) is 18.9. The number of nitrogens with one attached hydrogen (secondary N) is 5. The molecule has 0 aliphatic carbocycles. The van der Waals surface area contributed by atoms with Crippen molar-refractivity contribution in [2.45, 2.75) is 37.6 Å². The standard InChI is InChI=1S/C26H29N7O5S.C2HF3O2/c34-24(20-11-12-22-21(16-20)18-29-32-22)31-26(25(35)36,13-5-7-15-28-23-10-4-6-14-27-23)33-39(37,38)30-17-19-8-2-1-3-9-19;3-2(4,5)1(6)7/h1-4,6,8-12,14,16,18,30,33H,5,7,13,15,17H2,(H,27,28)(H,29,32)(H,31,34)(H,35,36);(H,6,7)/t26-;/m0./s1. The van der Waals surface area contributed by atoms with E-state index in [0.717, 1.165) is 0 Å². The average Bonchev–Trinajstić information content (AvgIpc) is 3.49. The van der Waals surface area contributed by atoms with Gasteiger partial charge >= 0.3 is 18.1 Å². The Labute approximate surface area is 260 Å². The fourth-order valence-electron chi connectivity index (χ4n) is 3.93. The highest BCUT2D eigenvalue weighted by atomic mass is 32.2. The Bertz CT molecular complexity index is 1720. The van der Waals surface area contributed by atoms with Crippen molar-refractivity contribution >= 4 is 44.8 Å². The zero-order chi connectivity index (χ0) is 33.8. The molecule has 0 saturated heterocycles. The molecule has 0 aliphatic heterocycles. The van der Waals surface area contributed by atoms with Gasteiger partial charge in [-0.25, -0.2) is 14.6 Å². The molecule has 0 spiro atoms. The Morgan fingerprint density at radius 2 is 1.61 bits per heavy atom. The summed E-state index contributed by atoms with van der Waals surface area (Å²) in [5, 5.41) is 30.3. The molecule has 0 aliphatic rings. The summed E-state index contributed by atoms with van der Waals surface area (Å²) in [4.78, 5) is 38.8. The number of carbonyl (C=O) groups excluding carboxylic acids is 1. The van der Waals surface area contributed by atoms with Crippen LogP contribution in [0.5, 0.6) is 0 Å². The van der Waals surface area contributed by atoms with Crippen LogP contribution in [0.15, 0.2) is 79.1 Å². The molecule has 0 saturated carbocycles. The maximum atomic E-state index is 13.2. The van der Waals surface area contributed by atoms with Crippen molar-refractivity contribution in [1.29, 1.82) is 0 Å². The first-order chi connectivity index (χ1) is 21.7. The van der Waals surface area contributed by atoms with Crippen LogP contribution in [0.1, 0.15) is 35.2 Å². The minimum Gasteiger partial charge on any atom is -0.478 e. The summed E-state index contributed by atoms with van der Waals surface area (Å²) in [5.41, 5.74) is -0.775. The SMILES string of the molecule is O=C(N[C@@](CCCCNc1ccccn1)(NS(=O)(=O)NCc1ccccc1)C(=O)O)c1ccc2[nH]ncc2c1.O=C(O)C(F)(F)F. The molecule has 1 atom stereocenters. The van der Waals surface area contributed by atoms with Crippen LogP contribution in [-0.2, 0) is 26.3 Å². The number of pyridine rings is 1. The van der Waals surface area contributed by atoms with Crippen LogP contribution >= 0.6 is 0 Å². The number of aromatic amines is 1. The lowest BCUT2D eigenvalue weighted by atomic mass is 10.0. The number of carboxylic acid groups (broad SMARTS) is 2. The monoisotopic (exact) mass is 665 g/mol. The van der Waals surface area contributed by atoms with Gasteiger partial charge < -0.3 is 20.8 Å². The van der Waals surface area contributed by atoms with Crippen LogP contribution in [0.3, 0.4) is 0 Å². The second kappa shape index (κ2) is 15.8. The molecule has 0 radical (unpaired) electrons. The largest absolute Gasteiger partial charge is 0.490 e. The van der Waals surface area contributed by atoms with Crippen LogP contribution < -0.4 is 20.1 Å². The lowest BCUT2D eigenvalue weighted by Gasteiger charge is -2.31. The number of nitrogens with zero attached hydrogens (tertiary/aromatic N) is 2. The first-order valence-corrected chi connectivity index (χ1v) is 15.0. The van der Waals surface area contributed by atoms with Crippen molar-refractivity contribution < 1.29 is 46.2 Å². The van der Waals surface area contributed by atoms with Crippen LogP contribution in [0, 0.1) is 0 Å². The second-order valence-corrected chi connectivity index (χ2v) is 11.2. The van der Waals surface area contributed by atoms with Gasteiger partial charge in [0.2, 0.25) is 5.66 Å². The van der Waals surface area contributed by atoms with E-state index in [-0.39, 0.29) is 24.9 Å². The lowest BCUT2D eigenvalue weighted by Crippen LogP contribution is -2.66. The normalized spacial score (nSPS) is 12.8. The van der Waals surface area contributed by atoms with Crippen LogP contribution in [0.25, 0.3) is 10.9 Å². The molecule has 2 heterocycles. The van der Waals surface area contributed by atoms with Crippen molar-refractivity contribution in [2.75, 3.05) is 11.9 Å². The van der Waals surface area contributed by atoms with E-state index in [4.69, 9.17) is 9.90 Å². The minimum absolute atomic E-state index is 0.0645. The number of hydrogen-bond donors (Lipinski definition) is 7. The molecule has 0 fully saturated rings. The number of H-pyrrole nitrogens is 1. The molecule has 4 rings (SSSR count). The third-order valence-corrected chi connectivity index (χ3v) is 7.35. The van der Waals surface area contributed by atoms with E-state index in [0.29, 0.717) is 35.2 Å². The first-order valence-electron chi connectivity index (χ1n) is 13.5. The van der Waals surface area contributed by atoms with Crippen molar-refractivity contribution in [2.24, 2.45) is 0 Å². The lowest BCUT2D eigenvalue weighted by molar-refractivity contribution is -0.192. The molecule has 14 nitrogen and oxygen atoms in total. The van der Waals surface area contributed by atoms with Gasteiger partial charge in [0.15, 0.2) is 0 Å². The number of aromatic nitrogens is 3. The quantitative estimate of drug-likeness (QED) is 0.0772. The Morgan fingerprint density at radius 3 is 2.24 bits per heavy atom. The van der Waals surface area contributed by atoms with E-state index in [1.165, 1.54) is 12.3 Å². The molecule has 246 valence electrons. The number of aliphatic carboxylic acids is 2. The highest BCUT2D eigenvalue weighted by Gasteiger charge is 2.43. The van der Waals surface area contributed by atoms with E-state index < -0.39 is 39.9 Å². The van der Waals surface area contributed by atoms with Crippen molar-refractivity contribution in [1.82, 2.24) is 29.9 Å². The van der Waals surface area contributed by atoms with Gasteiger partial charge in [-0.3, -0.25) is 9.89 Å². The number of amides is 1. The summed E-state index contributed by atoms with van der Waals surface area (Å²) >= 11 is 0. The maximum Gasteiger partial charge on any atom is 0.490 e. The Kier molecular flexibility index (Phi) is 12.1. The van der Waals surface area contributed by atoms with Crippen LogP contribution in [0.4, 0.5) is 19.0 Å². The van der Waals surface area contributed by atoms with Gasteiger partial charge in [-0.05, 0) is 55.2 Å². The number of carboxylic acids is 2. The van der Waals surface area contributed by atoms with Gasteiger partial charge in [-0.2, -0.15) is 36.1 Å². The number of rotatable bonds is 14. The number of anilines is 1. The number of carbonyl (C=O) groups is 3. The third kappa shape index (κ3) is 10.8. The van der Waals surface area contributed by atoms with E-state index in [9.17, 15) is 36.3 Å². The summed E-state index contributed by atoms with van der Waals surface area (Å²) in [7, 11) is -4.36. The highest BCUT2D eigenvalue weighted by Crippen LogP contribution is 2.18. The number of hydrogen-bond acceptors (Lipinski definition) is 8. The molecule has 1 amide bonds. The molecule has 0 bridgehead atoms. The Morgan fingerprint density at radius 1 is 0.913 bits per heavy atom. The summed E-state index contributed by atoms with van der Waals surface area (Å²) in [6.45, 7) is 0.405. The van der Waals surface area contributed by atoms with Crippen molar-refractivity contribution in [3.63, 3.8) is 0 Å². The van der Waals surface area contributed by atoms with E-state index in [1.807, 2.05) is 6.07 Å². The first kappa shape index (κ1) is 35.4. The van der Waals surface area contributed by atoms with Gasteiger partial charge in [0.1, 0.15) is 5.82 Å². The van der Waals surface area contributed by atoms with Gasteiger partial charge in [0, 0.05) is 30.2 Å². The van der Waals surface area contributed by atoms with Gasteiger partial charge in [-0.15, -0.1) is 0 Å². The molecule has 46 heavy (non-hydrogen) atoms. The highest BCUT2D eigenvalue weighted by molar-refractivity contribution is 7.87. The molecule has 2 aromatic carbocycles. The molecule has 4 aromatic rings. The van der Waals surface area contributed by atoms with Gasteiger partial charge in [0.05, 0.1) is 11.7 Å². The number of alkyl halides is 3. The fourth-order valence-corrected chi connectivity index (χ4v) is 5.06. The van der Waals surface area contributed by atoms with E-state index in [2.05, 4.69) is 35.3 Å². The van der Waals surface area contributed by atoms with Crippen molar-refractivity contribution in [3.8, 4) is 0 Å². The van der Waals surface area contributed by atoms with E-state index in [1.54, 1.807) is 60.8 Å². The van der Waals surface area contributed by atoms with Crippen molar-refractivity contribution in [3.05, 3.63) is 90.3 Å². The average molecular weight is 666 g/mol. The fraction of sp³-hybridized carbons (Fsp3) is 0.250. The Hall–Kier alpha value is -5.07. The number of halogens is 3. The maximum absolute atomic E-state index is 13.2. The van der Waals surface area contributed by atoms with E-state index >= 15 is 0 Å². The number of unbranched alkanes of at least 4 members (excludes halogenated alkanes) is 1. The summed E-state index contributed by atoms with van der Waals surface area (Å²) in [6.07, 6.45) is -1.36. The second-order valence-electron chi connectivity index (χ2n) is 9.65. The Balaban J connectivity index is 0.000000738. The van der Waals surface area contributed by atoms with Crippen LogP contribution in [0.2, 0.25) is 0 Å². The zero-order valence-corrected chi connectivity index (χ0v) is 24.7. The predicted molar refractivity (Wildman–Crippen MR) is 160 cm³/mol. The predicted octanol–water partition coefficient (Wildman–Crippen LogP) is 3.01. The van der Waals surface area contributed by atoms with Gasteiger partial charge in [-0.1, -0.05) is 36.4 Å². The smallest absolute Gasteiger partial charge is 0.478 e. The topological polar surface area (TPSA) is 215 Å². The minimum atomic E-state index is -5.08. The molecular formula is C28H30F3N7O7S. The number of benzene rings is 2.